The van der Waals surface area contributed by atoms with Crippen LogP contribution in [0.25, 0.3) is 0 Å². The maximum absolute atomic E-state index is 11.8. The fourth-order valence-electron chi connectivity index (χ4n) is 2.08. The normalized spacial score (nSPS) is 26.7. The van der Waals surface area contributed by atoms with Gasteiger partial charge < -0.3 is 14.8 Å². The zero-order valence-corrected chi connectivity index (χ0v) is 9.89. The Morgan fingerprint density at radius 2 is 2.17 bits per heavy atom. The van der Waals surface area contributed by atoms with Crippen molar-refractivity contribution < 1.29 is 23.9 Å². The summed E-state index contributed by atoms with van der Waals surface area (Å²) >= 11 is 0. The zero-order valence-electron chi connectivity index (χ0n) is 9.89. The average molecular weight is 254 g/mol. The van der Waals surface area contributed by atoms with Crippen molar-refractivity contribution in [3.63, 3.8) is 0 Å². The first-order valence-electron chi connectivity index (χ1n) is 5.63. The Kier molecular flexibility index (Phi) is 3.61. The van der Waals surface area contributed by atoms with Gasteiger partial charge >= 0.3 is 12.0 Å². The molecule has 0 saturated carbocycles. The lowest BCUT2D eigenvalue weighted by atomic mass is 9.89. The first kappa shape index (κ1) is 12.6. The van der Waals surface area contributed by atoms with Gasteiger partial charge in [-0.2, -0.15) is 0 Å². The highest BCUT2D eigenvalue weighted by Crippen LogP contribution is 2.27. The lowest BCUT2D eigenvalue weighted by Crippen LogP contribution is -2.61. The number of hydrogen-bond acceptors (Lipinski definition) is 5. The lowest BCUT2D eigenvalue weighted by Gasteiger charge is -2.34. The molecule has 0 aliphatic carbocycles. The average Bonchev–Trinajstić information content (AvgIpc) is 2.27. The number of carbonyl (C=O) groups is 3. The Morgan fingerprint density at radius 3 is 2.89 bits per heavy atom. The SMILES string of the molecule is COCCCC1=CC(=O)OC2NC(=O)NC(=O)C12. The molecule has 0 radical (unpaired) electrons. The summed E-state index contributed by atoms with van der Waals surface area (Å²) in [5, 5.41) is 4.57. The molecule has 1 saturated heterocycles. The number of rotatable bonds is 4. The van der Waals surface area contributed by atoms with Crippen LogP contribution >= 0.6 is 0 Å². The molecule has 2 aliphatic heterocycles. The Hall–Kier alpha value is -1.89. The number of nitrogens with one attached hydrogen (secondary N) is 2. The van der Waals surface area contributed by atoms with E-state index < -0.39 is 30.1 Å². The van der Waals surface area contributed by atoms with E-state index in [1.54, 1.807) is 7.11 Å². The molecule has 7 heteroatoms. The fourth-order valence-corrected chi connectivity index (χ4v) is 2.08. The van der Waals surface area contributed by atoms with Crippen molar-refractivity contribution in [1.82, 2.24) is 10.6 Å². The summed E-state index contributed by atoms with van der Waals surface area (Å²) in [7, 11) is 1.58. The van der Waals surface area contributed by atoms with E-state index in [1.165, 1.54) is 6.08 Å². The van der Waals surface area contributed by atoms with Gasteiger partial charge in [-0.15, -0.1) is 0 Å². The van der Waals surface area contributed by atoms with Crippen molar-refractivity contribution in [2.75, 3.05) is 13.7 Å². The molecule has 2 N–H and O–H groups in total. The Bertz CT molecular complexity index is 418. The van der Waals surface area contributed by atoms with E-state index >= 15 is 0 Å². The summed E-state index contributed by atoms with van der Waals surface area (Å²) in [5.74, 6) is -1.63. The molecule has 0 spiro atoms. The molecule has 1 fully saturated rings. The van der Waals surface area contributed by atoms with Crippen LogP contribution in [-0.2, 0) is 19.1 Å². The summed E-state index contributed by atoms with van der Waals surface area (Å²) in [6.45, 7) is 0.539. The number of urea groups is 1. The van der Waals surface area contributed by atoms with Crippen LogP contribution in [0.1, 0.15) is 12.8 Å². The van der Waals surface area contributed by atoms with E-state index in [0.29, 0.717) is 25.0 Å². The topological polar surface area (TPSA) is 93.7 Å². The van der Waals surface area contributed by atoms with Gasteiger partial charge in [0.05, 0.1) is 0 Å². The second kappa shape index (κ2) is 5.18. The van der Waals surface area contributed by atoms with Gasteiger partial charge in [0.15, 0.2) is 6.23 Å². The minimum atomic E-state index is -0.902. The number of fused-ring (bicyclic) bond motifs is 1. The van der Waals surface area contributed by atoms with Crippen LogP contribution in [0.15, 0.2) is 11.6 Å². The smallest absolute Gasteiger partial charge is 0.332 e. The van der Waals surface area contributed by atoms with Crippen molar-refractivity contribution in [3.8, 4) is 0 Å². The van der Waals surface area contributed by atoms with E-state index in [1.807, 2.05) is 0 Å². The van der Waals surface area contributed by atoms with Crippen LogP contribution in [0.3, 0.4) is 0 Å². The van der Waals surface area contributed by atoms with Gasteiger partial charge in [0, 0.05) is 19.8 Å². The van der Waals surface area contributed by atoms with Crippen LogP contribution in [0.4, 0.5) is 4.79 Å². The van der Waals surface area contributed by atoms with Gasteiger partial charge in [0.2, 0.25) is 5.91 Å². The van der Waals surface area contributed by atoms with Gasteiger partial charge in [-0.25, -0.2) is 9.59 Å². The molecular formula is C11H14N2O5. The van der Waals surface area contributed by atoms with Gasteiger partial charge in [0.25, 0.3) is 0 Å². The van der Waals surface area contributed by atoms with Gasteiger partial charge in [0.1, 0.15) is 5.92 Å². The Balaban J connectivity index is 2.13. The Morgan fingerprint density at radius 1 is 1.39 bits per heavy atom. The molecule has 0 aromatic carbocycles. The summed E-state index contributed by atoms with van der Waals surface area (Å²) in [5.41, 5.74) is 0.658. The van der Waals surface area contributed by atoms with Crippen molar-refractivity contribution in [2.24, 2.45) is 5.92 Å². The molecule has 0 aromatic rings. The third kappa shape index (κ3) is 2.51. The van der Waals surface area contributed by atoms with Crippen LogP contribution in [0.2, 0.25) is 0 Å². The van der Waals surface area contributed by atoms with Crippen molar-refractivity contribution >= 4 is 17.9 Å². The zero-order chi connectivity index (χ0) is 13.1. The minimum absolute atomic E-state index is 0.445. The van der Waals surface area contributed by atoms with E-state index in [-0.39, 0.29) is 0 Å². The quantitative estimate of drug-likeness (QED) is 0.529. The van der Waals surface area contributed by atoms with Gasteiger partial charge in [-0.05, 0) is 18.4 Å². The van der Waals surface area contributed by atoms with Crippen LogP contribution < -0.4 is 10.6 Å². The molecule has 2 aliphatic rings. The molecule has 98 valence electrons. The first-order valence-corrected chi connectivity index (χ1v) is 5.63. The predicted molar refractivity (Wildman–Crippen MR) is 59.2 cm³/mol. The van der Waals surface area contributed by atoms with E-state index in [0.717, 1.165) is 0 Å². The molecule has 3 amide bonds. The third-order valence-electron chi connectivity index (χ3n) is 2.86. The van der Waals surface area contributed by atoms with E-state index in [2.05, 4.69) is 10.6 Å². The molecule has 2 atom stereocenters. The number of hydrogen-bond donors (Lipinski definition) is 2. The minimum Gasteiger partial charge on any atom is -0.437 e. The second-order valence-electron chi connectivity index (χ2n) is 4.11. The molecule has 18 heavy (non-hydrogen) atoms. The molecule has 0 bridgehead atoms. The molecule has 2 rings (SSSR count). The van der Waals surface area contributed by atoms with Crippen LogP contribution in [0.5, 0.6) is 0 Å². The highest BCUT2D eigenvalue weighted by atomic mass is 16.6. The number of carbonyl (C=O) groups excluding carboxylic acids is 3. The first-order chi connectivity index (χ1) is 8.61. The largest absolute Gasteiger partial charge is 0.437 e. The maximum Gasteiger partial charge on any atom is 0.332 e. The fraction of sp³-hybridized carbons (Fsp3) is 0.545. The number of methoxy groups -OCH3 is 1. The second-order valence-corrected chi connectivity index (χ2v) is 4.11. The number of ether oxygens (including phenoxy) is 2. The highest BCUT2D eigenvalue weighted by Gasteiger charge is 2.42. The molecule has 2 heterocycles. The van der Waals surface area contributed by atoms with E-state index in [4.69, 9.17) is 9.47 Å². The summed E-state index contributed by atoms with van der Waals surface area (Å²) in [4.78, 5) is 34.2. The molecule has 7 nitrogen and oxygen atoms in total. The number of imide groups is 1. The van der Waals surface area contributed by atoms with Crippen molar-refractivity contribution in [1.29, 1.82) is 0 Å². The maximum atomic E-state index is 11.8. The van der Waals surface area contributed by atoms with Gasteiger partial charge in [-0.3, -0.25) is 10.1 Å². The van der Waals surface area contributed by atoms with Crippen molar-refractivity contribution in [2.45, 2.75) is 19.1 Å². The predicted octanol–water partition coefficient (Wildman–Crippen LogP) is -0.322. The van der Waals surface area contributed by atoms with E-state index in [9.17, 15) is 14.4 Å². The molecule has 0 aromatic heterocycles. The summed E-state index contributed by atoms with van der Waals surface area (Å²) in [6.07, 6.45) is 1.66. The monoisotopic (exact) mass is 254 g/mol. The Labute approximate surface area is 103 Å². The van der Waals surface area contributed by atoms with Crippen LogP contribution in [-0.4, -0.2) is 37.9 Å². The van der Waals surface area contributed by atoms with Crippen molar-refractivity contribution in [3.05, 3.63) is 11.6 Å². The standard InChI is InChI=1S/C11H14N2O5/c1-17-4-2-3-6-5-7(14)18-10-8(6)9(15)12-11(16)13-10/h5,8,10H,2-4H2,1H3,(H2,12,13,15,16). The number of amides is 3. The number of esters is 1. The molecular weight excluding hydrogens is 240 g/mol. The lowest BCUT2D eigenvalue weighted by molar-refractivity contribution is -0.152. The molecule has 2 unspecified atom stereocenters. The highest BCUT2D eigenvalue weighted by molar-refractivity contribution is 6.01. The van der Waals surface area contributed by atoms with Crippen LogP contribution in [0, 0.1) is 5.92 Å². The van der Waals surface area contributed by atoms with Gasteiger partial charge in [-0.1, -0.05) is 0 Å². The summed E-state index contributed by atoms with van der Waals surface area (Å²) < 4.78 is 9.85. The third-order valence-corrected chi connectivity index (χ3v) is 2.86. The summed E-state index contributed by atoms with van der Waals surface area (Å²) in [6, 6.07) is -0.646.